The van der Waals surface area contributed by atoms with E-state index in [-0.39, 0.29) is 24.3 Å². The molecule has 2 atom stereocenters. The van der Waals surface area contributed by atoms with Gasteiger partial charge in [-0.1, -0.05) is 0 Å². The Morgan fingerprint density at radius 1 is 1.31 bits per heavy atom. The molecule has 0 unspecified atom stereocenters. The van der Waals surface area contributed by atoms with E-state index in [0.717, 1.165) is 12.1 Å². The topological polar surface area (TPSA) is 55.9 Å². The molecule has 0 spiro atoms. The molecule has 26 heavy (non-hydrogen) atoms. The molecule has 142 valence electrons. The number of imidazole rings is 1. The first-order valence-electron chi connectivity index (χ1n) is 8.30. The minimum absolute atomic E-state index is 0.125. The zero-order chi connectivity index (χ0) is 18.9. The van der Waals surface area contributed by atoms with Gasteiger partial charge in [-0.25, -0.2) is 13.8 Å². The summed E-state index contributed by atoms with van der Waals surface area (Å²) in [5.74, 6) is -1.35. The number of hydrogen-bond donors (Lipinski definition) is 2. The normalized spacial score (nSPS) is 21.2. The second-order valence-corrected chi connectivity index (χ2v) is 6.27. The molecule has 1 aliphatic heterocycles. The number of rotatable bonds is 4. The van der Waals surface area contributed by atoms with Crippen LogP contribution in [0.15, 0.2) is 24.4 Å². The minimum atomic E-state index is -4.80. The molecule has 1 saturated heterocycles. The van der Waals surface area contributed by atoms with E-state index in [0.29, 0.717) is 25.3 Å². The minimum Gasteiger partial charge on any atom is -0.333 e. The van der Waals surface area contributed by atoms with E-state index >= 15 is 0 Å². The van der Waals surface area contributed by atoms with Crippen LogP contribution in [-0.4, -0.2) is 35.4 Å². The first-order valence-corrected chi connectivity index (χ1v) is 8.30. The number of hydrogen-bond acceptors (Lipinski definition) is 3. The molecule has 0 radical (unpaired) electrons. The SMILES string of the molecule is NCCn1cc(-c2ccc(F)c(C(F)(F)F)c2)nc1[C@H]1CCNC[C@H]1F. The van der Waals surface area contributed by atoms with Gasteiger partial charge >= 0.3 is 6.18 Å². The number of nitrogens with two attached hydrogens (primary N) is 1. The average molecular weight is 374 g/mol. The molecule has 9 heteroatoms. The van der Waals surface area contributed by atoms with E-state index in [9.17, 15) is 22.0 Å². The molecule has 0 bridgehead atoms. The lowest BCUT2D eigenvalue weighted by Gasteiger charge is -2.26. The quantitative estimate of drug-likeness (QED) is 0.809. The van der Waals surface area contributed by atoms with Gasteiger partial charge in [0, 0.05) is 31.4 Å². The van der Waals surface area contributed by atoms with Crippen LogP contribution in [0.4, 0.5) is 22.0 Å². The average Bonchev–Trinajstić information content (AvgIpc) is 2.99. The zero-order valence-corrected chi connectivity index (χ0v) is 13.9. The lowest BCUT2D eigenvalue weighted by atomic mass is 9.95. The van der Waals surface area contributed by atoms with E-state index in [1.165, 1.54) is 6.07 Å². The van der Waals surface area contributed by atoms with Crippen LogP contribution in [0.25, 0.3) is 11.3 Å². The lowest BCUT2D eigenvalue weighted by Crippen LogP contribution is -2.38. The van der Waals surface area contributed by atoms with Gasteiger partial charge in [0.15, 0.2) is 0 Å². The van der Waals surface area contributed by atoms with Gasteiger partial charge in [0.1, 0.15) is 17.8 Å². The summed E-state index contributed by atoms with van der Waals surface area (Å²) in [6, 6.07) is 2.73. The third-order valence-corrected chi connectivity index (χ3v) is 4.48. The van der Waals surface area contributed by atoms with E-state index in [2.05, 4.69) is 10.3 Å². The monoisotopic (exact) mass is 374 g/mol. The molecular formula is C17H19F5N4. The van der Waals surface area contributed by atoms with Gasteiger partial charge in [0.2, 0.25) is 0 Å². The van der Waals surface area contributed by atoms with Crippen molar-refractivity contribution in [3.8, 4) is 11.3 Å². The number of piperidine rings is 1. The molecule has 0 amide bonds. The van der Waals surface area contributed by atoms with Gasteiger partial charge < -0.3 is 15.6 Å². The summed E-state index contributed by atoms with van der Waals surface area (Å²) in [6.45, 7) is 1.48. The highest BCUT2D eigenvalue weighted by Gasteiger charge is 2.35. The van der Waals surface area contributed by atoms with Crippen molar-refractivity contribution in [1.29, 1.82) is 0 Å². The molecule has 3 rings (SSSR count). The highest BCUT2D eigenvalue weighted by Crippen LogP contribution is 2.35. The fourth-order valence-electron chi connectivity index (χ4n) is 3.20. The lowest BCUT2D eigenvalue weighted by molar-refractivity contribution is -0.139. The maximum atomic E-state index is 14.3. The van der Waals surface area contributed by atoms with Crippen molar-refractivity contribution in [2.45, 2.75) is 31.2 Å². The van der Waals surface area contributed by atoms with Crippen molar-refractivity contribution in [2.24, 2.45) is 5.73 Å². The summed E-state index contributed by atoms with van der Waals surface area (Å²) in [6.07, 6.45) is -3.87. The predicted octanol–water partition coefficient (Wildman–Crippen LogP) is 3.08. The second-order valence-electron chi connectivity index (χ2n) is 6.27. The highest BCUT2D eigenvalue weighted by atomic mass is 19.4. The van der Waals surface area contributed by atoms with Crippen LogP contribution in [0, 0.1) is 5.82 Å². The maximum absolute atomic E-state index is 14.3. The molecule has 1 fully saturated rings. The molecule has 0 aliphatic carbocycles. The molecular weight excluding hydrogens is 355 g/mol. The molecule has 4 nitrogen and oxygen atoms in total. The molecule has 1 aliphatic rings. The molecule has 1 aromatic carbocycles. The Morgan fingerprint density at radius 2 is 2.08 bits per heavy atom. The fraction of sp³-hybridized carbons (Fsp3) is 0.471. The Morgan fingerprint density at radius 3 is 2.73 bits per heavy atom. The Balaban J connectivity index is 2.02. The van der Waals surface area contributed by atoms with E-state index in [4.69, 9.17) is 5.73 Å². The smallest absolute Gasteiger partial charge is 0.333 e. The fourth-order valence-corrected chi connectivity index (χ4v) is 3.20. The summed E-state index contributed by atoms with van der Waals surface area (Å²) >= 11 is 0. The third kappa shape index (κ3) is 3.73. The maximum Gasteiger partial charge on any atom is 0.419 e. The van der Waals surface area contributed by atoms with Crippen LogP contribution < -0.4 is 11.1 Å². The summed E-state index contributed by atoms with van der Waals surface area (Å²) in [7, 11) is 0. The summed E-state index contributed by atoms with van der Waals surface area (Å²) in [5, 5.41) is 2.95. The van der Waals surface area contributed by atoms with Gasteiger partial charge in [-0.2, -0.15) is 13.2 Å². The molecule has 3 N–H and O–H groups in total. The molecule has 0 saturated carbocycles. The predicted molar refractivity (Wildman–Crippen MR) is 86.8 cm³/mol. The number of benzene rings is 1. The van der Waals surface area contributed by atoms with Crippen molar-refractivity contribution in [3.63, 3.8) is 0 Å². The second kappa shape index (κ2) is 7.32. The van der Waals surface area contributed by atoms with Crippen LogP contribution in [0.5, 0.6) is 0 Å². The van der Waals surface area contributed by atoms with Gasteiger partial charge in [-0.05, 0) is 31.2 Å². The van der Waals surface area contributed by atoms with Gasteiger partial charge in [-0.15, -0.1) is 0 Å². The molecule has 2 aromatic rings. The van der Waals surface area contributed by atoms with Crippen molar-refractivity contribution in [1.82, 2.24) is 14.9 Å². The number of alkyl halides is 4. The Kier molecular flexibility index (Phi) is 5.29. The Bertz CT molecular complexity index is 771. The Labute approximate surface area is 147 Å². The van der Waals surface area contributed by atoms with Gasteiger partial charge in [0.05, 0.1) is 17.2 Å². The zero-order valence-electron chi connectivity index (χ0n) is 13.9. The number of halogens is 5. The summed E-state index contributed by atoms with van der Waals surface area (Å²) in [4.78, 5) is 4.38. The van der Waals surface area contributed by atoms with Crippen molar-refractivity contribution >= 4 is 0 Å². The van der Waals surface area contributed by atoms with E-state index in [1.807, 2.05) is 0 Å². The van der Waals surface area contributed by atoms with Crippen LogP contribution in [0.2, 0.25) is 0 Å². The first-order chi connectivity index (χ1) is 12.3. The van der Waals surface area contributed by atoms with Crippen molar-refractivity contribution < 1.29 is 22.0 Å². The van der Waals surface area contributed by atoms with Crippen LogP contribution in [0.1, 0.15) is 23.7 Å². The van der Waals surface area contributed by atoms with Crippen LogP contribution in [0.3, 0.4) is 0 Å². The third-order valence-electron chi connectivity index (χ3n) is 4.48. The van der Waals surface area contributed by atoms with E-state index < -0.39 is 29.6 Å². The van der Waals surface area contributed by atoms with Gasteiger partial charge in [-0.3, -0.25) is 0 Å². The van der Waals surface area contributed by atoms with Gasteiger partial charge in [0.25, 0.3) is 0 Å². The van der Waals surface area contributed by atoms with Crippen molar-refractivity contribution in [2.75, 3.05) is 19.6 Å². The summed E-state index contributed by atoms with van der Waals surface area (Å²) in [5.41, 5.74) is 4.60. The largest absolute Gasteiger partial charge is 0.419 e. The summed E-state index contributed by atoms with van der Waals surface area (Å²) < 4.78 is 68.3. The standard InChI is InChI=1S/C17H19F5N4/c18-13-2-1-10(7-12(13)17(20,21)22)15-9-26(6-4-23)16(25-15)11-3-5-24-8-14(11)19/h1-2,7,9,11,14,24H,3-6,8,23H2/t11-,14+/m0/s1. The van der Waals surface area contributed by atoms with Crippen LogP contribution >= 0.6 is 0 Å². The molecule has 2 heterocycles. The van der Waals surface area contributed by atoms with Crippen LogP contribution in [-0.2, 0) is 12.7 Å². The number of nitrogens with one attached hydrogen (secondary N) is 1. The number of aromatic nitrogens is 2. The highest BCUT2D eigenvalue weighted by molar-refractivity contribution is 5.60. The number of nitrogens with zero attached hydrogens (tertiary/aromatic N) is 2. The first kappa shape index (κ1) is 18.8. The van der Waals surface area contributed by atoms with E-state index in [1.54, 1.807) is 10.8 Å². The van der Waals surface area contributed by atoms with Crippen molar-refractivity contribution in [3.05, 3.63) is 41.6 Å². The molecule has 1 aromatic heterocycles. The Hall–Kier alpha value is -2.00.